The number of ether oxygens (including phenoxy) is 1. The number of benzene rings is 1. The molecule has 0 spiro atoms. The third kappa shape index (κ3) is 2.89. The molecule has 2 saturated heterocycles. The summed E-state index contributed by atoms with van der Waals surface area (Å²) < 4.78 is 4.71. The molecule has 0 bridgehead atoms. The van der Waals surface area contributed by atoms with Crippen LogP contribution in [0.3, 0.4) is 0 Å². The first-order valence-corrected chi connectivity index (χ1v) is 8.47. The highest BCUT2D eigenvalue weighted by Gasteiger charge is 2.40. The molecule has 8 heteroatoms. The minimum absolute atomic E-state index is 0.161. The Morgan fingerprint density at radius 2 is 1.92 bits per heavy atom. The van der Waals surface area contributed by atoms with Crippen molar-refractivity contribution in [3.8, 4) is 0 Å². The number of esters is 1. The van der Waals surface area contributed by atoms with Gasteiger partial charge in [0.05, 0.1) is 30.0 Å². The van der Waals surface area contributed by atoms with Crippen LogP contribution in [-0.4, -0.2) is 64.8 Å². The summed E-state index contributed by atoms with van der Waals surface area (Å²) in [4.78, 5) is 51.0. The van der Waals surface area contributed by atoms with E-state index < -0.39 is 5.97 Å². The van der Waals surface area contributed by atoms with Gasteiger partial charge >= 0.3 is 5.97 Å². The van der Waals surface area contributed by atoms with Crippen molar-refractivity contribution in [3.05, 3.63) is 35.4 Å². The van der Waals surface area contributed by atoms with E-state index in [1.807, 2.05) is 0 Å². The summed E-state index contributed by atoms with van der Waals surface area (Å²) in [7, 11) is 1.26. The number of methoxy groups -OCH3 is 1. The monoisotopic (exact) mass is 348 g/mol. The van der Waals surface area contributed by atoms with Gasteiger partial charge in [-0.3, -0.25) is 19.3 Å². The molecule has 7 nitrogen and oxygen atoms in total. The summed E-state index contributed by atoms with van der Waals surface area (Å²) in [5, 5.41) is -0.255. The molecule has 0 saturated carbocycles. The van der Waals surface area contributed by atoms with E-state index in [1.165, 1.54) is 18.1 Å². The van der Waals surface area contributed by atoms with E-state index in [9.17, 15) is 19.2 Å². The molecule has 1 aromatic carbocycles. The van der Waals surface area contributed by atoms with Crippen LogP contribution in [0.5, 0.6) is 0 Å². The molecule has 3 rings (SSSR count). The number of likely N-dealkylation sites (tertiary alicyclic amines) is 1. The van der Waals surface area contributed by atoms with E-state index >= 15 is 0 Å². The maximum atomic E-state index is 12.7. The van der Waals surface area contributed by atoms with Gasteiger partial charge in [0.2, 0.25) is 5.91 Å². The molecule has 1 unspecified atom stereocenters. The van der Waals surface area contributed by atoms with Gasteiger partial charge in [-0.15, -0.1) is 0 Å². The van der Waals surface area contributed by atoms with Gasteiger partial charge in [-0.2, -0.15) is 0 Å². The maximum absolute atomic E-state index is 12.7. The van der Waals surface area contributed by atoms with E-state index in [-0.39, 0.29) is 46.5 Å². The van der Waals surface area contributed by atoms with Gasteiger partial charge < -0.3 is 9.64 Å². The zero-order valence-corrected chi connectivity index (χ0v) is 13.9. The summed E-state index contributed by atoms with van der Waals surface area (Å²) in [6.45, 7) is 0.715. The second-order valence-corrected chi connectivity index (χ2v) is 6.48. The molecular weight excluding hydrogens is 332 g/mol. The van der Waals surface area contributed by atoms with Crippen LogP contribution in [0.1, 0.15) is 27.1 Å². The van der Waals surface area contributed by atoms with Crippen LogP contribution in [0.2, 0.25) is 0 Å². The second-order valence-electron chi connectivity index (χ2n) is 5.55. The summed E-state index contributed by atoms with van der Waals surface area (Å²) in [5.74, 6) is -0.922. The fraction of sp³-hybridized carbons (Fsp3) is 0.375. The van der Waals surface area contributed by atoms with Crippen LogP contribution in [0, 0.1) is 0 Å². The van der Waals surface area contributed by atoms with Crippen molar-refractivity contribution in [1.29, 1.82) is 0 Å². The highest BCUT2D eigenvalue weighted by molar-refractivity contribution is 8.14. The lowest BCUT2D eigenvalue weighted by molar-refractivity contribution is -0.126. The molecule has 2 aliphatic heterocycles. The molecule has 2 heterocycles. The third-order valence-electron chi connectivity index (χ3n) is 4.16. The Hall–Kier alpha value is -2.35. The Labute approximate surface area is 142 Å². The Kier molecular flexibility index (Phi) is 4.57. The van der Waals surface area contributed by atoms with Gasteiger partial charge in [0.15, 0.2) is 0 Å². The van der Waals surface area contributed by atoms with Crippen LogP contribution in [0.4, 0.5) is 4.79 Å². The summed E-state index contributed by atoms with van der Waals surface area (Å²) >= 11 is 0.988. The maximum Gasteiger partial charge on any atom is 0.338 e. The molecule has 0 radical (unpaired) electrons. The van der Waals surface area contributed by atoms with Gasteiger partial charge in [-0.05, 0) is 18.6 Å². The molecule has 0 aromatic heterocycles. The van der Waals surface area contributed by atoms with Crippen LogP contribution < -0.4 is 0 Å². The zero-order valence-electron chi connectivity index (χ0n) is 13.1. The molecule has 126 valence electrons. The first-order chi connectivity index (χ1) is 11.5. The largest absolute Gasteiger partial charge is 0.465 e. The Morgan fingerprint density at radius 1 is 1.21 bits per heavy atom. The molecule has 1 aromatic rings. The molecule has 2 fully saturated rings. The van der Waals surface area contributed by atoms with Crippen molar-refractivity contribution in [2.45, 2.75) is 12.5 Å². The summed E-state index contributed by atoms with van der Waals surface area (Å²) in [6.07, 6.45) is 0.546. The van der Waals surface area contributed by atoms with Crippen molar-refractivity contribution in [3.63, 3.8) is 0 Å². The van der Waals surface area contributed by atoms with Gasteiger partial charge in [-0.25, -0.2) is 4.79 Å². The normalized spacial score (nSPS) is 20.6. The van der Waals surface area contributed by atoms with Crippen molar-refractivity contribution in [2.24, 2.45) is 0 Å². The van der Waals surface area contributed by atoms with Gasteiger partial charge in [0, 0.05) is 13.1 Å². The topological polar surface area (TPSA) is 84.0 Å². The molecule has 24 heavy (non-hydrogen) atoms. The molecule has 1 atom stereocenters. The first-order valence-electron chi connectivity index (χ1n) is 7.48. The number of nitrogens with zero attached hydrogens (tertiary/aromatic N) is 2. The predicted molar refractivity (Wildman–Crippen MR) is 86.8 cm³/mol. The highest BCUT2D eigenvalue weighted by Crippen LogP contribution is 2.27. The van der Waals surface area contributed by atoms with E-state index in [0.29, 0.717) is 13.0 Å². The van der Waals surface area contributed by atoms with Gasteiger partial charge in [0.1, 0.15) is 0 Å². The average Bonchev–Trinajstić information content (AvgIpc) is 3.20. The molecule has 0 aliphatic carbocycles. The van der Waals surface area contributed by atoms with E-state index in [1.54, 1.807) is 23.1 Å². The predicted octanol–water partition coefficient (Wildman–Crippen LogP) is 1.38. The van der Waals surface area contributed by atoms with Crippen LogP contribution >= 0.6 is 11.8 Å². The minimum Gasteiger partial charge on any atom is -0.465 e. The number of hydrogen-bond donors (Lipinski definition) is 0. The lowest BCUT2D eigenvalue weighted by Crippen LogP contribution is -2.41. The summed E-state index contributed by atoms with van der Waals surface area (Å²) in [5.41, 5.74) is 0.468. The van der Waals surface area contributed by atoms with Crippen LogP contribution in [0.15, 0.2) is 24.3 Å². The SMILES string of the molecule is COC(=O)c1ccccc1C(=O)N1CCC(N2C(=O)CSC2=O)C1. The average molecular weight is 348 g/mol. The molecule has 3 amide bonds. The molecule has 0 N–H and O–H groups in total. The van der Waals surface area contributed by atoms with E-state index in [2.05, 4.69) is 0 Å². The van der Waals surface area contributed by atoms with E-state index in [4.69, 9.17) is 4.74 Å². The second kappa shape index (κ2) is 6.64. The number of rotatable bonds is 3. The van der Waals surface area contributed by atoms with Gasteiger partial charge in [-0.1, -0.05) is 23.9 Å². The Bertz CT molecular complexity index is 704. The van der Waals surface area contributed by atoms with Crippen molar-refractivity contribution >= 4 is 34.8 Å². The zero-order chi connectivity index (χ0) is 17.3. The number of hydrogen-bond acceptors (Lipinski definition) is 6. The lowest BCUT2D eigenvalue weighted by Gasteiger charge is -2.22. The number of carbonyl (C=O) groups is 4. The minimum atomic E-state index is -0.573. The highest BCUT2D eigenvalue weighted by atomic mass is 32.2. The number of thioether (sulfide) groups is 1. The summed E-state index contributed by atoms with van der Waals surface area (Å²) in [6, 6.07) is 6.15. The third-order valence-corrected chi connectivity index (χ3v) is 5.00. The Balaban J connectivity index is 1.77. The fourth-order valence-electron chi connectivity index (χ4n) is 2.98. The van der Waals surface area contributed by atoms with E-state index in [0.717, 1.165) is 11.8 Å². The molecule has 2 aliphatic rings. The van der Waals surface area contributed by atoms with Crippen LogP contribution in [-0.2, 0) is 9.53 Å². The number of imide groups is 1. The lowest BCUT2D eigenvalue weighted by atomic mass is 10.1. The van der Waals surface area contributed by atoms with Crippen molar-refractivity contribution < 1.29 is 23.9 Å². The molecular formula is C16H16N2O5S. The Morgan fingerprint density at radius 3 is 2.54 bits per heavy atom. The fourth-order valence-corrected chi connectivity index (χ4v) is 3.76. The quantitative estimate of drug-likeness (QED) is 0.768. The number of amides is 3. The van der Waals surface area contributed by atoms with Crippen molar-refractivity contribution in [1.82, 2.24) is 9.80 Å². The van der Waals surface area contributed by atoms with Gasteiger partial charge in [0.25, 0.3) is 11.1 Å². The first kappa shape index (κ1) is 16.5. The smallest absolute Gasteiger partial charge is 0.338 e. The number of carbonyl (C=O) groups excluding carboxylic acids is 4. The standard InChI is InChI=1S/C16H16N2O5S/c1-23-15(21)12-5-3-2-4-11(12)14(20)17-7-6-10(8-17)18-13(19)9-24-16(18)22/h2-5,10H,6-9H2,1H3. The van der Waals surface area contributed by atoms with Crippen molar-refractivity contribution in [2.75, 3.05) is 26.0 Å². The van der Waals surface area contributed by atoms with Crippen LogP contribution in [0.25, 0.3) is 0 Å².